The van der Waals surface area contributed by atoms with Crippen molar-refractivity contribution in [1.29, 1.82) is 0 Å². The molecular weight excluding hydrogens is 226 g/mol. The maximum Gasteiger partial charge on any atom is 0.134 e. The van der Waals surface area contributed by atoms with E-state index >= 15 is 0 Å². The Morgan fingerprint density at radius 3 is 2.61 bits per heavy atom. The first-order chi connectivity index (χ1) is 8.38. The first kappa shape index (κ1) is 13.1. The van der Waals surface area contributed by atoms with Crippen LogP contribution in [-0.2, 0) is 0 Å². The van der Waals surface area contributed by atoms with Gasteiger partial charge in [-0.3, -0.25) is 0 Å². The quantitative estimate of drug-likeness (QED) is 0.872. The number of hydrogen-bond acceptors (Lipinski definition) is 3. The van der Waals surface area contributed by atoms with E-state index < -0.39 is 5.60 Å². The monoisotopic (exact) mass is 247 g/mol. The van der Waals surface area contributed by atoms with Crippen molar-refractivity contribution in [2.75, 3.05) is 6.54 Å². The fraction of sp³-hybridized carbons (Fsp3) is 0.467. The minimum Gasteiger partial charge on any atom is -0.459 e. The lowest BCUT2D eigenvalue weighted by molar-refractivity contribution is 0.0762. The summed E-state index contributed by atoms with van der Waals surface area (Å²) >= 11 is 0. The first-order valence-corrected chi connectivity index (χ1v) is 6.32. The molecule has 98 valence electrons. The molecule has 1 aromatic carbocycles. The Morgan fingerprint density at radius 2 is 2.00 bits per heavy atom. The molecule has 0 fully saturated rings. The van der Waals surface area contributed by atoms with Gasteiger partial charge in [0, 0.05) is 11.9 Å². The van der Waals surface area contributed by atoms with Crippen molar-refractivity contribution in [3.63, 3.8) is 0 Å². The number of benzene rings is 1. The molecule has 0 aliphatic heterocycles. The maximum absolute atomic E-state index is 9.73. The van der Waals surface area contributed by atoms with Gasteiger partial charge in [-0.05, 0) is 39.3 Å². The number of aliphatic hydroxyl groups is 1. The van der Waals surface area contributed by atoms with Crippen LogP contribution in [0.5, 0.6) is 0 Å². The highest BCUT2D eigenvalue weighted by molar-refractivity contribution is 5.82. The molecule has 0 aliphatic carbocycles. The molecule has 1 unspecified atom stereocenters. The van der Waals surface area contributed by atoms with Crippen molar-refractivity contribution in [2.24, 2.45) is 0 Å². The summed E-state index contributed by atoms with van der Waals surface area (Å²) in [7, 11) is 0. The van der Waals surface area contributed by atoms with Crippen LogP contribution in [-0.4, -0.2) is 17.3 Å². The molecule has 0 radical (unpaired) electrons. The van der Waals surface area contributed by atoms with E-state index in [9.17, 15) is 5.11 Å². The second-order valence-corrected chi connectivity index (χ2v) is 5.50. The SMILES string of the molecule is Cc1c(C(C)NCC(C)(C)O)oc2ccccc12. The number of aryl methyl sites for hydroxylation is 1. The zero-order chi connectivity index (χ0) is 13.3. The topological polar surface area (TPSA) is 45.4 Å². The Labute approximate surface area is 108 Å². The van der Waals surface area contributed by atoms with E-state index in [0.29, 0.717) is 6.54 Å². The van der Waals surface area contributed by atoms with Crippen molar-refractivity contribution in [2.45, 2.75) is 39.3 Å². The molecule has 0 saturated carbocycles. The smallest absolute Gasteiger partial charge is 0.134 e. The van der Waals surface area contributed by atoms with Crippen LogP contribution in [0.1, 0.15) is 38.1 Å². The van der Waals surface area contributed by atoms with Gasteiger partial charge in [0.15, 0.2) is 0 Å². The molecule has 0 saturated heterocycles. The molecular formula is C15H21NO2. The van der Waals surface area contributed by atoms with Crippen LogP contribution in [0.2, 0.25) is 0 Å². The third kappa shape index (κ3) is 2.74. The number of nitrogens with one attached hydrogen (secondary N) is 1. The van der Waals surface area contributed by atoms with Crippen molar-refractivity contribution in [1.82, 2.24) is 5.32 Å². The van der Waals surface area contributed by atoms with Crippen LogP contribution in [0.3, 0.4) is 0 Å². The van der Waals surface area contributed by atoms with Crippen LogP contribution in [0.4, 0.5) is 0 Å². The highest BCUT2D eigenvalue weighted by Gasteiger charge is 2.19. The van der Waals surface area contributed by atoms with Gasteiger partial charge in [0.25, 0.3) is 0 Å². The molecule has 18 heavy (non-hydrogen) atoms. The van der Waals surface area contributed by atoms with Gasteiger partial charge in [0.1, 0.15) is 11.3 Å². The lowest BCUT2D eigenvalue weighted by atomic mass is 10.1. The third-order valence-corrected chi connectivity index (χ3v) is 3.11. The number of fused-ring (bicyclic) bond motifs is 1. The van der Waals surface area contributed by atoms with Crippen LogP contribution in [0.15, 0.2) is 28.7 Å². The van der Waals surface area contributed by atoms with E-state index in [4.69, 9.17) is 4.42 Å². The van der Waals surface area contributed by atoms with Gasteiger partial charge in [0.2, 0.25) is 0 Å². The van der Waals surface area contributed by atoms with E-state index in [1.54, 1.807) is 13.8 Å². The van der Waals surface area contributed by atoms with Crippen LogP contribution in [0, 0.1) is 6.92 Å². The average molecular weight is 247 g/mol. The second kappa shape index (κ2) is 4.75. The molecule has 0 bridgehead atoms. The zero-order valence-corrected chi connectivity index (χ0v) is 11.4. The minimum absolute atomic E-state index is 0.0869. The Bertz CT molecular complexity index is 537. The molecule has 3 nitrogen and oxygen atoms in total. The summed E-state index contributed by atoms with van der Waals surface area (Å²) in [6, 6.07) is 8.13. The summed E-state index contributed by atoms with van der Waals surface area (Å²) in [6.45, 7) is 8.24. The molecule has 2 N–H and O–H groups in total. The summed E-state index contributed by atoms with van der Waals surface area (Å²) in [6.07, 6.45) is 0. The molecule has 3 heteroatoms. The zero-order valence-electron chi connectivity index (χ0n) is 11.4. The van der Waals surface area contributed by atoms with Gasteiger partial charge in [-0.25, -0.2) is 0 Å². The summed E-state index contributed by atoms with van der Waals surface area (Å²) in [5.74, 6) is 0.945. The Balaban J connectivity index is 2.23. The predicted octanol–water partition coefficient (Wildman–Crippen LogP) is 3.16. The fourth-order valence-corrected chi connectivity index (χ4v) is 2.10. The summed E-state index contributed by atoms with van der Waals surface area (Å²) in [5.41, 5.74) is 1.37. The minimum atomic E-state index is -0.714. The van der Waals surface area contributed by atoms with Crippen molar-refractivity contribution in [3.8, 4) is 0 Å². The molecule has 1 aromatic heterocycles. The van der Waals surface area contributed by atoms with Gasteiger partial charge in [-0.2, -0.15) is 0 Å². The Kier molecular flexibility index (Phi) is 3.46. The number of furan rings is 1. The largest absolute Gasteiger partial charge is 0.459 e. The molecule has 1 heterocycles. The van der Waals surface area contributed by atoms with Gasteiger partial charge in [-0.1, -0.05) is 18.2 Å². The van der Waals surface area contributed by atoms with Crippen LogP contribution < -0.4 is 5.32 Å². The number of para-hydroxylation sites is 1. The summed E-state index contributed by atoms with van der Waals surface area (Å²) < 4.78 is 5.88. The summed E-state index contributed by atoms with van der Waals surface area (Å²) in [4.78, 5) is 0. The van der Waals surface area contributed by atoms with E-state index in [2.05, 4.69) is 25.2 Å². The van der Waals surface area contributed by atoms with Crippen molar-refractivity contribution in [3.05, 3.63) is 35.6 Å². The van der Waals surface area contributed by atoms with Gasteiger partial charge in [-0.15, -0.1) is 0 Å². The first-order valence-electron chi connectivity index (χ1n) is 6.32. The third-order valence-electron chi connectivity index (χ3n) is 3.11. The molecule has 1 atom stereocenters. The van der Waals surface area contributed by atoms with Gasteiger partial charge < -0.3 is 14.8 Å². The lowest BCUT2D eigenvalue weighted by Gasteiger charge is -2.21. The van der Waals surface area contributed by atoms with Crippen LogP contribution >= 0.6 is 0 Å². The second-order valence-electron chi connectivity index (χ2n) is 5.50. The van der Waals surface area contributed by atoms with Crippen LogP contribution in [0.25, 0.3) is 11.0 Å². The van der Waals surface area contributed by atoms with Gasteiger partial charge in [0.05, 0.1) is 11.6 Å². The molecule has 0 aliphatic rings. The maximum atomic E-state index is 9.73. The van der Waals surface area contributed by atoms with Crippen molar-refractivity contribution < 1.29 is 9.52 Å². The lowest BCUT2D eigenvalue weighted by Crippen LogP contribution is -2.36. The van der Waals surface area contributed by atoms with E-state index in [-0.39, 0.29) is 6.04 Å². The highest BCUT2D eigenvalue weighted by atomic mass is 16.3. The predicted molar refractivity (Wildman–Crippen MR) is 73.7 cm³/mol. The molecule has 2 rings (SSSR count). The summed E-state index contributed by atoms with van der Waals surface area (Å²) in [5, 5.41) is 14.2. The number of rotatable bonds is 4. The van der Waals surface area contributed by atoms with E-state index in [0.717, 1.165) is 16.7 Å². The van der Waals surface area contributed by atoms with Gasteiger partial charge >= 0.3 is 0 Å². The Morgan fingerprint density at radius 1 is 1.33 bits per heavy atom. The normalized spacial score (nSPS) is 14.1. The fourth-order valence-electron chi connectivity index (χ4n) is 2.10. The average Bonchev–Trinajstić information content (AvgIpc) is 2.64. The van der Waals surface area contributed by atoms with E-state index in [1.165, 1.54) is 5.56 Å². The molecule has 0 amide bonds. The standard InChI is InChI=1S/C15H21NO2/c1-10-12-7-5-6-8-13(12)18-14(10)11(2)16-9-15(3,4)17/h5-8,11,16-17H,9H2,1-4H3. The Hall–Kier alpha value is -1.32. The highest BCUT2D eigenvalue weighted by Crippen LogP contribution is 2.29. The number of hydrogen-bond donors (Lipinski definition) is 2. The van der Waals surface area contributed by atoms with Crippen molar-refractivity contribution >= 4 is 11.0 Å². The van der Waals surface area contributed by atoms with E-state index in [1.807, 2.05) is 18.2 Å². The molecule has 0 spiro atoms. The molecule has 2 aromatic rings.